The lowest BCUT2D eigenvalue weighted by Gasteiger charge is -2.05. The Hall–Kier alpha value is -0.570. The topological polar surface area (TPSA) is 17.8 Å². The van der Waals surface area contributed by atoms with Crippen molar-refractivity contribution in [3.63, 3.8) is 0 Å². The molecule has 0 saturated heterocycles. The van der Waals surface area contributed by atoms with Crippen LogP contribution in [0.25, 0.3) is 5.70 Å². The maximum atomic E-state index is 4.02. The second-order valence-corrected chi connectivity index (χ2v) is 3.35. The van der Waals surface area contributed by atoms with Gasteiger partial charge in [0.15, 0.2) is 0 Å². The molecular formula is C11H19BrN2. The van der Waals surface area contributed by atoms with E-state index in [1.165, 1.54) is 25.7 Å². The van der Waals surface area contributed by atoms with E-state index in [9.17, 15) is 0 Å². The van der Waals surface area contributed by atoms with Gasteiger partial charge in [0.1, 0.15) is 0 Å². The molecule has 0 aliphatic heterocycles. The third-order valence-corrected chi connectivity index (χ3v) is 2.19. The van der Waals surface area contributed by atoms with Gasteiger partial charge in [-0.25, -0.2) is 4.98 Å². The minimum atomic E-state index is 0. The molecule has 0 saturated carbocycles. The van der Waals surface area contributed by atoms with Crippen LogP contribution < -0.4 is 0 Å². The van der Waals surface area contributed by atoms with Gasteiger partial charge in [-0.2, -0.15) is 0 Å². The van der Waals surface area contributed by atoms with Gasteiger partial charge in [-0.15, -0.1) is 17.0 Å². The summed E-state index contributed by atoms with van der Waals surface area (Å²) >= 11 is 0. The second kappa shape index (κ2) is 7.80. The van der Waals surface area contributed by atoms with Crippen molar-refractivity contribution in [2.24, 2.45) is 0 Å². The van der Waals surface area contributed by atoms with Crippen molar-refractivity contribution in [2.75, 3.05) is 0 Å². The molecular weight excluding hydrogens is 240 g/mol. The van der Waals surface area contributed by atoms with E-state index in [1.54, 1.807) is 6.20 Å². The predicted molar refractivity (Wildman–Crippen MR) is 66.6 cm³/mol. The highest BCUT2D eigenvalue weighted by atomic mass is 79.9. The van der Waals surface area contributed by atoms with Gasteiger partial charge in [0, 0.05) is 18.1 Å². The molecule has 0 aliphatic carbocycles. The highest BCUT2D eigenvalue weighted by molar-refractivity contribution is 8.93. The lowest BCUT2D eigenvalue weighted by Crippen LogP contribution is -1.91. The normalized spacial score (nSPS) is 9.50. The van der Waals surface area contributed by atoms with Crippen LogP contribution in [0.15, 0.2) is 25.3 Å². The van der Waals surface area contributed by atoms with E-state index in [0.717, 1.165) is 12.1 Å². The van der Waals surface area contributed by atoms with Crippen molar-refractivity contribution in [3.05, 3.63) is 25.3 Å². The average Bonchev–Trinajstić information content (AvgIpc) is 2.65. The fraction of sp³-hybridized carbons (Fsp3) is 0.545. The summed E-state index contributed by atoms with van der Waals surface area (Å²) in [4.78, 5) is 3.99. The van der Waals surface area contributed by atoms with Crippen LogP contribution in [0.3, 0.4) is 0 Å². The SMILES string of the molecule is Br.C=C(CCCCCC)n1ccnc1. The molecule has 1 aromatic heterocycles. The van der Waals surface area contributed by atoms with E-state index in [4.69, 9.17) is 0 Å². The van der Waals surface area contributed by atoms with Crippen molar-refractivity contribution >= 4 is 22.7 Å². The summed E-state index contributed by atoms with van der Waals surface area (Å²) in [5, 5.41) is 0. The highest BCUT2D eigenvalue weighted by Crippen LogP contribution is 2.12. The first-order chi connectivity index (χ1) is 6.34. The Kier molecular flexibility index (Phi) is 7.48. The monoisotopic (exact) mass is 258 g/mol. The number of imidazole rings is 1. The molecule has 0 N–H and O–H groups in total. The fourth-order valence-electron chi connectivity index (χ4n) is 1.33. The molecule has 80 valence electrons. The zero-order valence-corrected chi connectivity index (χ0v) is 10.5. The Bertz CT molecular complexity index is 242. The molecule has 1 aromatic rings. The number of halogens is 1. The third-order valence-electron chi connectivity index (χ3n) is 2.19. The Morgan fingerprint density at radius 1 is 1.36 bits per heavy atom. The maximum Gasteiger partial charge on any atom is 0.0988 e. The van der Waals surface area contributed by atoms with Crippen LogP contribution in [0.5, 0.6) is 0 Å². The highest BCUT2D eigenvalue weighted by Gasteiger charge is 1.95. The summed E-state index contributed by atoms with van der Waals surface area (Å²) in [5.74, 6) is 0. The van der Waals surface area contributed by atoms with Gasteiger partial charge in [-0.05, 0) is 12.8 Å². The molecule has 1 rings (SSSR count). The summed E-state index contributed by atoms with van der Waals surface area (Å²) < 4.78 is 1.99. The van der Waals surface area contributed by atoms with Crippen LogP contribution in [-0.2, 0) is 0 Å². The van der Waals surface area contributed by atoms with Crippen molar-refractivity contribution in [2.45, 2.75) is 39.0 Å². The van der Waals surface area contributed by atoms with Crippen LogP contribution in [0.2, 0.25) is 0 Å². The molecule has 0 bridgehead atoms. The maximum absolute atomic E-state index is 4.02. The van der Waals surface area contributed by atoms with E-state index in [2.05, 4.69) is 18.5 Å². The van der Waals surface area contributed by atoms with Crippen LogP contribution in [-0.4, -0.2) is 9.55 Å². The summed E-state index contributed by atoms with van der Waals surface area (Å²) in [7, 11) is 0. The number of hydrogen-bond donors (Lipinski definition) is 0. The van der Waals surface area contributed by atoms with Crippen molar-refractivity contribution in [1.82, 2.24) is 9.55 Å². The van der Waals surface area contributed by atoms with E-state index in [0.29, 0.717) is 0 Å². The predicted octanol–water partition coefficient (Wildman–Crippen LogP) is 3.90. The van der Waals surface area contributed by atoms with Gasteiger partial charge in [0.25, 0.3) is 0 Å². The standard InChI is InChI=1S/C11H18N2.BrH/c1-3-4-5-6-7-11(2)13-9-8-12-10-13;/h8-10H,2-7H2,1H3;1H. The molecule has 1 heterocycles. The Morgan fingerprint density at radius 2 is 2.14 bits per heavy atom. The number of nitrogens with zero attached hydrogens (tertiary/aromatic N) is 2. The molecule has 0 aliphatic rings. The molecule has 0 radical (unpaired) electrons. The zero-order chi connectivity index (χ0) is 9.52. The summed E-state index contributed by atoms with van der Waals surface area (Å²) in [5.41, 5.74) is 1.15. The molecule has 0 atom stereocenters. The first-order valence-corrected chi connectivity index (χ1v) is 5.00. The molecule has 0 aromatic carbocycles. The van der Waals surface area contributed by atoms with Gasteiger partial charge in [0.2, 0.25) is 0 Å². The molecule has 0 unspecified atom stereocenters. The van der Waals surface area contributed by atoms with Crippen LogP contribution in [0, 0.1) is 0 Å². The number of aromatic nitrogens is 2. The van der Waals surface area contributed by atoms with Gasteiger partial charge in [-0.3, -0.25) is 0 Å². The largest absolute Gasteiger partial charge is 0.311 e. The average molecular weight is 259 g/mol. The minimum Gasteiger partial charge on any atom is -0.311 e. The number of hydrogen-bond acceptors (Lipinski definition) is 1. The van der Waals surface area contributed by atoms with Crippen molar-refractivity contribution in [1.29, 1.82) is 0 Å². The van der Waals surface area contributed by atoms with E-state index in [1.807, 2.05) is 17.1 Å². The van der Waals surface area contributed by atoms with Crippen LogP contribution >= 0.6 is 17.0 Å². The molecule has 0 spiro atoms. The Morgan fingerprint density at radius 3 is 2.71 bits per heavy atom. The van der Waals surface area contributed by atoms with Gasteiger partial charge in [-0.1, -0.05) is 32.8 Å². The summed E-state index contributed by atoms with van der Waals surface area (Å²) in [6, 6.07) is 0. The third kappa shape index (κ3) is 4.61. The molecule has 14 heavy (non-hydrogen) atoms. The van der Waals surface area contributed by atoms with Gasteiger partial charge >= 0.3 is 0 Å². The first-order valence-electron chi connectivity index (χ1n) is 5.00. The number of allylic oxidation sites excluding steroid dienone is 1. The Balaban J connectivity index is 0.00000169. The number of rotatable bonds is 6. The fourth-order valence-corrected chi connectivity index (χ4v) is 1.33. The van der Waals surface area contributed by atoms with Crippen LogP contribution in [0.1, 0.15) is 39.0 Å². The van der Waals surface area contributed by atoms with E-state index < -0.39 is 0 Å². The van der Waals surface area contributed by atoms with Gasteiger partial charge in [0.05, 0.1) is 6.33 Å². The zero-order valence-electron chi connectivity index (χ0n) is 8.78. The molecule has 0 amide bonds. The van der Waals surface area contributed by atoms with Crippen molar-refractivity contribution < 1.29 is 0 Å². The smallest absolute Gasteiger partial charge is 0.0988 e. The van der Waals surface area contributed by atoms with Crippen molar-refractivity contribution in [3.8, 4) is 0 Å². The molecule has 2 nitrogen and oxygen atoms in total. The summed E-state index contributed by atoms with van der Waals surface area (Å²) in [6.07, 6.45) is 11.8. The number of unbranched alkanes of at least 4 members (excludes halogenated alkanes) is 3. The second-order valence-electron chi connectivity index (χ2n) is 3.35. The molecule has 3 heteroatoms. The van der Waals surface area contributed by atoms with Crippen LogP contribution in [0.4, 0.5) is 0 Å². The minimum absolute atomic E-state index is 0. The Labute approximate surface area is 96.8 Å². The lowest BCUT2D eigenvalue weighted by molar-refractivity contribution is 0.671. The first kappa shape index (κ1) is 13.4. The van der Waals surface area contributed by atoms with Gasteiger partial charge < -0.3 is 4.57 Å². The lowest BCUT2D eigenvalue weighted by atomic mass is 10.1. The van der Waals surface area contributed by atoms with E-state index >= 15 is 0 Å². The molecule has 0 fully saturated rings. The van der Waals surface area contributed by atoms with E-state index in [-0.39, 0.29) is 17.0 Å². The quantitative estimate of drug-likeness (QED) is 0.708. The summed E-state index contributed by atoms with van der Waals surface area (Å²) in [6.45, 7) is 6.24.